The molecule has 0 spiro atoms. The van der Waals surface area contributed by atoms with E-state index in [1.54, 1.807) is 47.8 Å². The number of imidazole rings is 1. The Morgan fingerprint density at radius 1 is 1.33 bits per heavy atom. The van der Waals surface area contributed by atoms with Gasteiger partial charge in [0.15, 0.2) is 5.11 Å². The van der Waals surface area contributed by atoms with Gasteiger partial charge in [-0.15, -0.1) is 0 Å². The number of benzene rings is 2. The minimum Gasteiger partial charge on any atom is -0.332 e. The van der Waals surface area contributed by atoms with Gasteiger partial charge in [-0.3, -0.25) is 9.69 Å². The van der Waals surface area contributed by atoms with E-state index in [2.05, 4.69) is 16.4 Å². The van der Waals surface area contributed by atoms with Gasteiger partial charge in [0, 0.05) is 35.7 Å². The van der Waals surface area contributed by atoms with E-state index in [4.69, 9.17) is 34.8 Å². The summed E-state index contributed by atoms with van der Waals surface area (Å²) in [5, 5.41) is 12.9. The number of thiocarbonyl (C=S) groups is 1. The lowest BCUT2D eigenvalue weighted by molar-refractivity contribution is -0.128. The molecule has 0 unspecified atom stereocenters. The molecule has 33 heavy (non-hydrogen) atoms. The second-order valence-electron chi connectivity index (χ2n) is 7.50. The molecule has 0 aliphatic rings. The van der Waals surface area contributed by atoms with Crippen LogP contribution in [0.25, 0.3) is 0 Å². The molecule has 0 bridgehead atoms. The first-order chi connectivity index (χ1) is 15.9. The fourth-order valence-corrected chi connectivity index (χ4v) is 4.01. The normalized spacial score (nSPS) is 11.5. The fourth-order valence-electron chi connectivity index (χ4n) is 3.45. The van der Waals surface area contributed by atoms with E-state index in [0.29, 0.717) is 29.2 Å². The molecule has 2 aromatic carbocycles. The van der Waals surface area contributed by atoms with Crippen molar-refractivity contribution < 1.29 is 4.79 Å². The molecule has 9 heteroatoms. The topological polar surface area (TPSA) is 100.0 Å². The number of nitriles is 1. The third-order valence-corrected chi connectivity index (χ3v) is 5.77. The van der Waals surface area contributed by atoms with Gasteiger partial charge in [-0.1, -0.05) is 36.7 Å². The van der Waals surface area contributed by atoms with Gasteiger partial charge in [0.05, 0.1) is 30.4 Å². The van der Waals surface area contributed by atoms with Crippen molar-refractivity contribution in [2.24, 2.45) is 5.73 Å². The van der Waals surface area contributed by atoms with Crippen molar-refractivity contribution in [1.82, 2.24) is 14.5 Å². The van der Waals surface area contributed by atoms with Crippen LogP contribution in [0.2, 0.25) is 5.02 Å². The maximum absolute atomic E-state index is 13.4. The number of nitrogens with one attached hydrogen (secondary N) is 1. The fraction of sp³-hybridized carbons (Fsp3) is 0.250. The number of amides is 1. The summed E-state index contributed by atoms with van der Waals surface area (Å²) in [6, 6.07) is 16.3. The zero-order valence-corrected chi connectivity index (χ0v) is 19.8. The highest BCUT2D eigenvalue weighted by Crippen LogP contribution is 2.18. The highest BCUT2D eigenvalue weighted by atomic mass is 35.5. The van der Waals surface area contributed by atoms with E-state index in [-0.39, 0.29) is 30.0 Å². The van der Waals surface area contributed by atoms with Gasteiger partial charge in [0.2, 0.25) is 5.91 Å². The zero-order valence-electron chi connectivity index (χ0n) is 18.2. The smallest absolute Gasteiger partial charge is 0.235 e. The Kier molecular flexibility index (Phi) is 8.55. The number of rotatable bonds is 8. The second kappa shape index (κ2) is 11.6. The molecule has 0 saturated carbocycles. The summed E-state index contributed by atoms with van der Waals surface area (Å²) < 4.78 is 1.91. The number of carbonyl (C=O) groups excluding carboxylic acids is 1. The van der Waals surface area contributed by atoms with Crippen LogP contribution in [-0.2, 0) is 17.8 Å². The average molecular weight is 481 g/mol. The van der Waals surface area contributed by atoms with Crippen LogP contribution in [-0.4, -0.2) is 38.1 Å². The van der Waals surface area contributed by atoms with Gasteiger partial charge in [0.25, 0.3) is 0 Å². The lowest BCUT2D eigenvalue weighted by Crippen LogP contribution is -2.50. The lowest BCUT2D eigenvalue weighted by atomic mass is 10.1. The quantitative estimate of drug-likeness (QED) is 0.473. The number of anilines is 1. The molecule has 1 atom stereocenters. The molecule has 0 aliphatic carbocycles. The molecule has 7 nitrogen and oxygen atoms in total. The summed E-state index contributed by atoms with van der Waals surface area (Å²) in [5.41, 5.74) is 9.02. The molecule has 3 rings (SSSR count). The van der Waals surface area contributed by atoms with Gasteiger partial charge in [-0.2, -0.15) is 5.26 Å². The summed E-state index contributed by atoms with van der Waals surface area (Å²) in [6.07, 6.45) is 4.14. The van der Waals surface area contributed by atoms with Crippen LogP contribution < -0.4 is 11.1 Å². The molecule has 3 aromatic rings. The molecule has 0 fully saturated rings. The Morgan fingerprint density at radius 3 is 2.73 bits per heavy atom. The number of halogens is 1. The van der Waals surface area contributed by atoms with Crippen LogP contribution in [0.1, 0.15) is 30.2 Å². The van der Waals surface area contributed by atoms with E-state index in [1.165, 1.54) is 0 Å². The van der Waals surface area contributed by atoms with Crippen LogP contribution >= 0.6 is 23.8 Å². The Morgan fingerprint density at radius 2 is 2.09 bits per heavy atom. The maximum Gasteiger partial charge on any atom is 0.235 e. The molecule has 1 aromatic heterocycles. The summed E-state index contributed by atoms with van der Waals surface area (Å²) >= 11 is 11.7. The molecule has 0 saturated heterocycles. The van der Waals surface area contributed by atoms with E-state index in [1.807, 2.05) is 29.7 Å². The summed E-state index contributed by atoms with van der Waals surface area (Å²) in [6.45, 7) is 2.78. The van der Waals surface area contributed by atoms with Crippen molar-refractivity contribution in [3.05, 3.63) is 82.9 Å². The zero-order chi connectivity index (χ0) is 23.8. The van der Waals surface area contributed by atoms with E-state index in [0.717, 1.165) is 11.3 Å². The van der Waals surface area contributed by atoms with Crippen LogP contribution in [0, 0.1) is 11.3 Å². The van der Waals surface area contributed by atoms with Gasteiger partial charge < -0.3 is 15.6 Å². The number of aromatic nitrogens is 2. The van der Waals surface area contributed by atoms with E-state index >= 15 is 0 Å². The van der Waals surface area contributed by atoms with Crippen molar-refractivity contribution in [2.45, 2.75) is 32.4 Å². The van der Waals surface area contributed by atoms with Crippen molar-refractivity contribution in [2.75, 3.05) is 11.9 Å². The molecule has 0 radical (unpaired) electrons. The Bertz CT molecular complexity index is 1150. The highest BCUT2D eigenvalue weighted by Gasteiger charge is 2.26. The standard InChI is InChI=1S/C24H25ClN6OS/c1-2-21(13-27)31(24(33)29-20-5-3-4-19(25)10-20)23(32)11-22-14-28-16-30(22)15-18-8-6-17(12-26)7-9-18/h3-10,14,16,21H,2,11,13,15,27H2,1H3,(H,29,33)/t21-/m0/s1. The summed E-state index contributed by atoms with van der Waals surface area (Å²) in [7, 11) is 0. The van der Waals surface area contributed by atoms with Crippen molar-refractivity contribution in [1.29, 1.82) is 5.26 Å². The van der Waals surface area contributed by atoms with Gasteiger partial charge in [-0.25, -0.2) is 4.98 Å². The molecule has 1 amide bonds. The molecule has 1 heterocycles. The van der Waals surface area contributed by atoms with Crippen LogP contribution in [0.15, 0.2) is 61.1 Å². The van der Waals surface area contributed by atoms with Crippen molar-refractivity contribution in [3.63, 3.8) is 0 Å². The molecular formula is C24H25ClN6OS. The summed E-state index contributed by atoms with van der Waals surface area (Å²) in [4.78, 5) is 19.2. The number of carbonyl (C=O) groups is 1. The minimum atomic E-state index is -0.244. The van der Waals surface area contributed by atoms with Crippen molar-refractivity contribution >= 4 is 40.5 Å². The molecule has 0 aliphatic heterocycles. The van der Waals surface area contributed by atoms with E-state index in [9.17, 15) is 4.79 Å². The first kappa shape index (κ1) is 24.4. The van der Waals surface area contributed by atoms with E-state index < -0.39 is 0 Å². The van der Waals surface area contributed by atoms with Crippen molar-refractivity contribution in [3.8, 4) is 6.07 Å². The molecular weight excluding hydrogens is 456 g/mol. The number of hydrogen-bond donors (Lipinski definition) is 2. The monoisotopic (exact) mass is 480 g/mol. The first-order valence-electron chi connectivity index (χ1n) is 10.5. The first-order valence-corrected chi connectivity index (χ1v) is 11.3. The highest BCUT2D eigenvalue weighted by molar-refractivity contribution is 7.80. The van der Waals surface area contributed by atoms with Gasteiger partial charge >= 0.3 is 0 Å². The summed E-state index contributed by atoms with van der Waals surface area (Å²) in [5.74, 6) is -0.173. The SMILES string of the molecule is CC[C@@H](CN)N(C(=O)Cc1cncn1Cc1ccc(C#N)cc1)C(=S)Nc1cccc(Cl)c1. The Balaban J connectivity index is 1.77. The van der Waals surface area contributed by atoms with Crippen LogP contribution in [0.5, 0.6) is 0 Å². The third kappa shape index (κ3) is 6.39. The Labute approximate surface area is 203 Å². The Hall–Kier alpha value is -3.25. The second-order valence-corrected chi connectivity index (χ2v) is 8.32. The van der Waals surface area contributed by atoms with Crippen LogP contribution in [0.4, 0.5) is 5.69 Å². The predicted molar refractivity (Wildman–Crippen MR) is 134 cm³/mol. The molecule has 170 valence electrons. The van der Waals surface area contributed by atoms with Gasteiger partial charge in [-0.05, 0) is 54.5 Å². The number of nitrogens with zero attached hydrogens (tertiary/aromatic N) is 4. The maximum atomic E-state index is 13.4. The minimum absolute atomic E-state index is 0.115. The lowest BCUT2D eigenvalue weighted by Gasteiger charge is -2.31. The number of hydrogen-bond acceptors (Lipinski definition) is 5. The van der Waals surface area contributed by atoms with Gasteiger partial charge in [0.1, 0.15) is 0 Å². The predicted octanol–water partition coefficient (Wildman–Crippen LogP) is 3.96. The average Bonchev–Trinajstić information content (AvgIpc) is 3.23. The molecule has 3 N–H and O–H groups in total. The van der Waals surface area contributed by atoms with Crippen LogP contribution in [0.3, 0.4) is 0 Å². The largest absolute Gasteiger partial charge is 0.332 e. The number of nitrogens with two attached hydrogens (primary N) is 1. The third-order valence-electron chi connectivity index (χ3n) is 5.24.